The van der Waals surface area contributed by atoms with Gasteiger partial charge in [-0.15, -0.1) is 0 Å². The largest absolute Gasteiger partial charge is 0.372 e. The third-order valence-corrected chi connectivity index (χ3v) is 5.75. The van der Waals surface area contributed by atoms with Crippen molar-refractivity contribution in [1.29, 1.82) is 0 Å². The van der Waals surface area contributed by atoms with E-state index in [0.717, 1.165) is 46.6 Å². The minimum atomic E-state index is -0.323. The minimum absolute atomic E-state index is 0.323. The molecule has 1 aliphatic rings. The predicted octanol–water partition coefficient (Wildman–Crippen LogP) is 3.87. The van der Waals surface area contributed by atoms with Crippen molar-refractivity contribution >= 4 is 28.4 Å². The van der Waals surface area contributed by atoms with E-state index < -0.39 is 0 Å². The van der Waals surface area contributed by atoms with Crippen LogP contribution in [0, 0.1) is 15.9 Å². The molecule has 20 heavy (non-hydrogen) atoms. The van der Waals surface area contributed by atoms with Gasteiger partial charge < -0.3 is 10.1 Å². The Morgan fingerprint density at radius 1 is 1.15 bits per heavy atom. The van der Waals surface area contributed by atoms with Crippen LogP contribution in [0.3, 0.4) is 0 Å². The molecule has 1 N–H and O–H groups in total. The number of methoxy groups -OCH3 is 1. The molecule has 5 heteroatoms. The molecular weight excluding hydrogens is 365 g/mol. The molecule has 1 aliphatic carbocycles. The highest BCUT2D eigenvalue weighted by atomic mass is 127. The van der Waals surface area contributed by atoms with E-state index >= 15 is 0 Å². The summed E-state index contributed by atoms with van der Waals surface area (Å²) in [5, 5.41) is 3.16. The monoisotopic (exact) mass is 389 g/mol. The molecule has 1 heterocycles. The van der Waals surface area contributed by atoms with E-state index in [1.54, 1.807) is 7.11 Å². The first-order chi connectivity index (χ1) is 9.33. The number of anilines is 1. The third kappa shape index (κ3) is 2.93. The summed E-state index contributed by atoms with van der Waals surface area (Å²) in [6.07, 6.45) is 4.26. The number of nitrogens with one attached hydrogen (secondary N) is 1. The molecule has 0 amide bonds. The van der Waals surface area contributed by atoms with E-state index in [1.807, 2.05) is 14.0 Å². The lowest BCUT2D eigenvalue weighted by molar-refractivity contribution is -0.0729. The molecular formula is C15H24IN3O. The van der Waals surface area contributed by atoms with Crippen LogP contribution in [0.25, 0.3) is 0 Å². The van der Waals surface area contributed by atoms with Crippen LogP contribution >= 0.6 is 22.6 Å². The fourth-order valence-electron chi connectivity index (χ4n) is 2.78. The van der Waals surface area contributed by atoms with Crippen molar-refractivity contribution in [3.63, 3.8) is 0 Å². The number of rotatable bonds is 3. The second kappa shape index (κ2) is 5.75. The van der Waals surface area contributed by atoms with Crippen LogP contribution in [-0.4, -0.2) is 24.1 Å². The lowest BCUT2D eigenvalue weighted by Gasteiger charge is -2.41. The zero-order valence-corrected chi connectivity index (χ0v) is 15.2. The molecule has 0 spiro atoms. The zero-order valence-electron chi connectivity index (χ0n) is 13.0. The van der Waals surface area contributed by atoms with Crippen molar-refractivity contribution in [3.8, 4) is 0 Å². The number of nitrogens with zero attached hydrogens (tertiary/aromatic N) is 2. The van der Waals surface area contributed by atoms with Crippen LogP contribution in [0.2, 0.25) is 0 Å². The Kier molecular flexibility index (Phi) is 4.59. The smallest absolute Gasteiger partial charge is 0.162 e. The number of halogens is 1. The first-order valence-corrected chi connectivity index (χ1v) is 8.19. The second-order valence-corrected chi connectivity index (χ2v) is 7.49. The molecule has 1 fully saturated rings. The normalized spacial score (nSPS) is 20.7. The molecule has 0 aliphatic heterocycles. The van der Waals surface area contributed by atoms with Crippen molar-refractivity contribution in [2.24, 2.45) is 5.41 Å². The van der Waals surface area contributed by atoms with E-state index in [-0.39, 0.29) is 5.60 Å². The maximum atomic E-state index is 5.90. The standard InChI is InChI=1S/C15H24IN3O/c1-10-11(16)12(17-4)19-13(18-10)15(20-5)8-6-14(2,3)7-9-15/h6-9H2,1-5H3,(H,17,18,19). The Labute approximate surface area is 135 Å². The Bertz CT molecular complexity index is 492. The Morgan fingerprint density at radius 2 is 1.75 bits per heavy atom. The lowest BCUT2D eigenvalue weighted by Crippen LogP contribution is -2.38. The minimum Gasteiger partial charge on any atom is -0.372 e. The van der Waals surface area contributed by atoms with Crippen LogP contribution in [-0.2, 0) is 10.3 Å². The third-order valence-electron chi connectivity index (χ3n) is 4.46. The lowest BCUT2D eigenvalue weighted by atomic mass is 9.70. The molecule has 1 aromatic rings. The average molecular weight is 389 g/mol. The summed E-state index contributed by atoms with van der Waals surface area (Å²) in [6, 6.07) is 0. The Hall–Kier alpha value is -0.430. The zero-order chi connectivity index (χ0) is 15.0. The second-order valence-electron chi connectivity index (χ2n) is 6.41. The van der Waals surface area contributed by atoms with Crippen molar-refractivity contribution in [1.82, 2.24) is 9.97 Å². The van der Waals surface area contributed by atoms with E-state index in [2.05, 4.69) is 41.8 Å². The summed E-state index contributed by atoms with van der Waals surface area (Å²) in [6.45, 7) is 6.68. The molecule has 0 bridgehead atoms. The fourth-order valence-corrected chi connectivity index (χ4v) is 3.29. The first-order valence-electron chi connectivity index (χ1n) is 7.11. The number of hydrogen-bond acceptors (Lipinski definition) is 4. The van der Waals surface area contributed by atoms with Gasteiger partial charge in [-0.2, -0.15) is 0 Å². The molecule has 0 unspecified atom stereocenters. The number of aromatic nitrogens is 2. The van der Waals surface area contributed by atoms with Gasteiger partial charge in [-0.3, -0.25) is 0 Å². The maximum absolute atomic E-state index is 5.90. The van der Waals surface area contributed by atoms with E-state index in [9.17, 15) is 0 Å². The van der Waals surface area contributed by atoms with Crippen LogP contribution in [0.15, 0.2) is 0 Å². The van der Waals surface area contributed by atoms with Gasteiger partial charge in [0.05, 0.1) is 9.26 Å². The highest BCUT2D eigenvalue weighted by Crippen LogP contribution is 2.46. The molecule has 0 atom stereocenters. The van der Waals surface area contributed by atoms with Gasteiger partial charge in [-0.25, -0.2) is 9.97 Å². The van der Waals surface area contributed by atoms with Crippen LogP contribution in [0.4, 0.5) is 5.82 Å². The van der Waals surface area contributed by atoms with Crippen molar-refractivity contribution in [2.75, 3.05) is 19.5 Å². The van der Waals surface area contributed by atoms with Crippen molar-refractivity contribution in [3.05, 3.63) is 15.1 Å². The van der Waals surface area contributed by atoms with Gasteiger partial charge in [0.25, 0.3) is 0 Å². The van der Waals surface area contributed by atoms with Gasteiger partial charge in [0.15, 0.2) is 5.82 Å². The topological polar surface area (TPSA) is 47.0 Å². The van der Waals surface area contributed by atoms with Crippen LogP contribution < -0.4 is 5.32 Å². The van der Waals surface area contributed by atoms with Gasteiger partial charge in [-0.1, -0.05) is 13.8 Å². The molecule has 1 aromatic heterocycles. The molecule has 0 aromatic carbocycles. The summed E-state index contributed by atoms with van der Waals surface area (Å²) in [7, 11) is 3.69. The summed E-state index contributed by atoms with van der Waals surface area (Å²) >= 11 is 2.29. The summed E-state index contributed by atoms with van der Waals surface area (Å²) in [5.74, 6) is 1.73. The quantitative estimate of drug-likeness (QED) is 0.798. The van der Waals surface area contributed by atoms with Gasteiger partial charge >= 0.3 is 0 Å². The van der Waals surface area contributed by atoms with Gasteiger partial charge in [0.2, 0.25) is 0 Å². The van der Waals surface area contributed by atoms with Gasteiger partial charge in [0.1, 0.15) is 11.4 Å². The Balaban J connectivity index is 2.40. The van der Waals surface area contributed by atoms with Crippen LogP contribution in [0.1, 0.15) is 51.0 Å². The molecule has 4 nitrogen and oxygen atoms in total. The maximum Gasteiger partial charge on any atom is 0.162 e. The molecule has 2 rings (SSSR count). The summed E-state index contributed by atoms with van der Waals surface area (Å²) in [5.41, 5.74) is 1.09. The van der Waals surface area contributed by atoms with Crippen LogP contribution in [0.5, 0.6) is 0 Å². The van der Waals surface area contributed by atoms with E-state index in [0.29, 0.717) is 5.41 Å². The number of aryl methyl sites for hydroxylation is 1. The highest BCUT2D eigenvalue weighted by molar-refractivity contribution is 14.1. The first kappa shape index (κ1) is 15.9. The summed E-state index contributed by atoms with van der Waals surface area (Å²) < 4.78 is 6.98. The fraction of sp³-hybridized carbons (Fsp3) is 0.733. The van der Waals surface area contributed by atoms with E-state index in [1.165, 1.54) is 0 Å². The molecule has 0 radical (unpaired) electrons. The number of ether oxygens (including phenoxy) is 1. The van der Waals surface area contributed by atoms with Gasteiger partial charge in [0, 0.05) is 14.2 Å². The highest BCUT2D eigenvalue weighted by Gasteiger charge is 2.42. The predicted molar refractivity (Wildman–Crippen MR) is 90.0 cm³/mol. The molecule has 112 valence electrons. The summed E-state index contributed by atoms with van der Waals surface area (Å²) in [4.78, 5) is 9.42. The SMILES string of the molecule is CNc1nc(C2(OC)CCC(C)(C)CC2)nc(C)c1I. The van der Waals surface area contributed by atoms with Crippen molar-refractivity contribution < 1.29 is 4.74 Å². The molecule has 0 saturated heterocycles. The van der Waals surface area contributed by atoms with E-state index in [4.69, 9.17) is 14.7 Å². The number of hydrogen-bond donors (Lipinski definition) is 1. The Morgan fingerprint density at radius 3 is 2.25 bits per heavy atom. The average Bonchev–Trinajstić information content (AvgIpc) is 2.42. The molecule has 1 saturated carbocycles. The van der Waals surface area contributed by atoms with Gasteiger partial charge in [-0.05, 0) is 60.6 Å². The van der Waals surface area contributed by atoms with Crippen molar-refractivity contribution in [2.45, 2.75) is 52.1 Å².